The number of aliphatic carboxylic acids is 1. The zero-order chi connectivity index (χ0) is 10.4. The molecule has 2 rings (SSSR count). The number of hydrogen-bond acceptors (Lipinski definition) is 2. The highest BCUT2D eigenvalue weighted by molar-refractivity contribution is 7.80. The van der Waals surface area contributed by atoms with Gasteiger partial charge in [-0.15, -0.1) is 0 Å². The molecule has 14 heavy (non-hydrogen) atoms. The molecule has 1 aromatic carbocycles. The van der Waals surface area contributed by atoms with Crippen molar-refractivity contribution in [1.29, 1.82) is 0 Å². The number of rotatable bonds is 3. The average Bonchev–Trinajstić information content (AvgIpc) is 2.94. The lowest BCUT2D eigenvalue weighted by atomic mass is 10.3. The molecule has 0 radical (unpaired) electrons. The van der Waals surface area contributed by atoms with Crippen molar-refractivity contribution in [1.82, 2.24) is 0 Å². The van der Waals surface area contributed by atoms with Crippen molar-refractivity contribution in [3.8, 4) is 0 Å². The second-order valence-electron chi connectivity index (χ2n) is 3.17. The summed E-state index contributed by atoms with van der Waals surface area (Å²) in [7, 11) is 0. The molecule has 3 heteroatoms. The maximum absolute atomic E-state index is 9.72. The largest absolute Gasteiger partial charge is 0.481 e. The fourth-order valence-electron chi connectivity index (χ4n) is 1.07. The van der Waals surface area contributed by atoms with Crippen molar-refractivity contribution >= 4 is 18.6 Å². The van der Waals surface area contributed by atoms with E-state index in [1.54, 1.807) is 0 Å². The molecule has 0 aliphatic heterocycles. The number of carboxylic acid groups (broad SMARTS) is 1. The summed E-state index contributed by atoms with van der Waals surface area (Å²) >= 11 is 3.83. The predicted octanol–water partition coefficient (Wildman–Crippen LogP) is 2.37. The first-order chi connectivity index (χ1) is 6.74. The smallest absolute Gasteiger partial charge is 0.303 e. The van der Waals surface area contributed by atoms with Crippen LogP contribution in [0.25, 0.3) is 0 Å². The molecule has 0 fully saturated rings. The van der Waals surface area contributed by atoms with Crippen LogP contribution in [0.2, 0.25) is 0 Å². The lowest BCUT2D eigenvalue weighted by Gasteiger charge is -1.85. The number of fused-ring (bicyclic) bond motifs is 1. The van der Waals surface area contributed by atoms with Gasteiger partial charge in [-0.1, -0.05) is 24.3 Å². The van der Waals surface area contributed by atoms with E-state index in [0.29, 0.717) is 12.2 Å². The van der Waals surface area contributed by atoms with Crippen molar-refractivity contribution in [2.75, 3.05) is 5.75 Å². The molecule has 0 amide bonds. The minimum Gasteiger partial charge on any atom is -0.481 e. The van der Waals surface area contributed by atoms with Gasteiger partial charge in [0.05, 0.1) is 0 Å². The van der Waals surface area contributed by atoms with E-state index < -0.39 is 5.97 Å². The molecule has 1 N–H and O–H groups in total. The number of hydrogen-bond donors (Lipinski definition) is 2. The number of thiol groups is 1. The topological polar surface area (TPSA) is 37.3 Å². The van der Waals surface area contributed by atoms with E-state index in [1.165, 1.54) is 17.5 Å². The van der Waals surface area contributed by atoms with Crippen LogP contribution in [-0.2, 0) is 11.2 Å². The molecule has 0 atom stereocenters. The first kappa shape index (κ1) is 11.1. The standard InChI is InChI=1S/C7H6.C4H8O2S/c1-2-4-7-5-6(7)3-1;5-4(6)2-1-3-7/h1-4H,5H2;7H,1-3H2,(H,5,6). The zero-order valence-corrected chi connectivity index (χ0v) is 8.83. The van der Waals surface area contributed by atoms with Crippen LogP contribution in [0.4, 0.5) is 0 Å². The summed E-state index contributed by atoms with van der Waals surface area (Å²) in [6.45, 7) is 0. The fraction of sp³-hybridized carbons (Fsp3) is 0.364. The van der Waals surface area contributed by atoms with Gasteiger partial charge in [-0.3, -0.25) is 4.79 Å². The van der Waals surface area contributed by atoms with Gasteiger partial charge in [0.25, 0.3) is 0 Å². The maximum atomic E-state index is 9.72. The molecule has 1 aromatic rings. The Morgan fingerprint density at radius 2 is 1.93 bits per heavy atom. The summed E-state index contributed by atoms with van der Waals surface area (Å²) in [4.78, 5) is 9.72. The van der Waals surface area contributed by atoms with Gasteiger partial charge in [-0.2, -0.15) is 12.6 Å². The second kappa shape index (κ2) is 5.70. The number of benzene rings is 1. The lowest BCUT2D eigenvalue weighted by molar-refractivity contribution is -0.137. The summed E-state index contributed by atoms with van der Waals surface area (Å²) in [5.74, 6) is -0.0826. The molecule has 0 aromatic heterocycles. The minimum absolute atomic E-state index is 0.240. The minimum atomic E-state index is -0.742. The molecule has 0 saturated carbocycles. The average molecular weight is 210 g/mol. The fourth-order valence-corrected chi connectivity index (χ4v) is 1.22. The molecule has 0 heterocycles. The van der Waals surface area contributed by atoms with Crippen molar-refractivity contribution in [2.24, 2.45) is 0 Å². The Morgan fingerprint density at radius 3 is 2.21 bits per heavy atom. The highest BCUT2D eigenvalue weighted by atomic mass is 32.1. The van der Waals surface area contributed by atoms with Crippen LogP contribution in [0, 0.1) is 0 Å². The molecule has 0 saturated heterocycles. The van der Waals surface area contributed by atoms with E-state index in [9.17, 15) is 4.79 Å². The van der Waals surface area contributed by atoms with Crippen LogP contribution < -0.4 is 0 Å². The summed E-state index contributed by atoms with van der Waals surface area (Å²) in [5, 5.41) is 8.01. The van der Waals surface area contributed by atoms with Gasteiger partial charge in [0.2, 0.25) is 0 Å². The van der Waals surface area contributed by atoms with Crippen LogP contribution in [-0.4, -0.2) is 16.8 Å². The summed E-state index contributed by atoms with van der Waals surface area (Å²) in [6, 6.07) is 8.53. The summed E-state index contributed by atoms with van der Waals surface area (Å²) < 4.78 is 0. The lowest BCUT2D eigenvalue weighted by Crippen LogP contribution is -1.93. The van der Waals surface area contributed by atoms with Crippen LogP contribution >= 0.6 is 12.6 Å². The SMILES string of the molecule is O=C(O)CCCS.c1ccc2c(c1)C2. The van der Waals surface area contributed by atoms with Crippen LogP contribution in [0.5, 0.6) is 0 Å². The van der Waals surface area contributed by atoms with Crippen molar-refractivity contribution < 1.29 is 9.90 Å². The van der Waals surface area contributed by atoms with E-state index in [-0.39, 0.29) is 6.42 Å². The van der Waals surface area contributed by atoms with Gasteiger partial charge >= 0.3 is 5.97 Å². The van der Waals surface area contributed by atoms with E-state index in [4.69, 9.17) is 5.11 Å². The van der Waals surface area contributed by atoms with Gasteiger partial charge in [0, 0.05) is 6.42 Å². The molecular formula is C11H14O2S. The first-order valence-electron chi connectivity index (χ1n) is 4.63. The molecule has 76 valence electrons. The molecule has 0 spiro atoms. The Hall–Kier alpha value is -0.960. The Bertz CT molecular complexity index is 289. The zero-order valence-electron chi connectivity index (χ0n) is 7.94. The van der Waals surface area contributed by atoms with Crippen LogP contribution in [0.1, 0.15) is 24.0 Å². The normalized spacial score (nSPS) is 10.9. The second-order valence-corrected chi connectivity index (χ2v) is 3.61. The van der Waals surface area contributed by atoms with Crippen LogP contribution in [0.3, 0.4) is 0 Å². The molecule has 0 bridgehead atoms. The van der Waals surface area contributed by atoms with E-state index in [1.807, 2.05) is 0 Å². The van der Waals surface area contributed by atoms with Crippen molar-refractivity contribution in [2.45, 2.75) is 19.3 Å². The Balaban J connectivity index is 0.000000140. The van der Waals surface area contributed by atoms with Crippen molar-refractivity contribution in [3.63, 3.8) is 0 Å². The van der Waals surface area contributed by atoms with E-state index in [2.05, 4.69) is 36.9 Å². The van der Waals surface area contributed by atoms with Gasteiger partial charge in [0.15, 0.2) is 0 Å². The highest BCUT2D eigenvalue weighted by Crippen LogP contribution is 2.25. The van der Waals surface area contributed by atoms with Gasteiger partial charge < -0.3 is 5.11 Å². The predicted molar refractivity (Wildman–Crippen MR) is 60.0 cm³/mol. The Morgan fingerprint density at radius 1 is 1.36 bits per heavy atom. The number of carboxylic acids is 1. The first-order valence-corrected chi connectivity index (χ1v) is 5.26. The van der Waals surface area contributed by atoms with Gasteiger partial charge in [-0.05, 0) is 29.7 Å². The quantitative estimate of drug-likeness (QED) is 0.763. The Labute approximate surface area is 89.4 Å². The molecule has 1 aliphatic carbocycles. The summed E-state index contributed by atoms with van der Waals surface area (Å²) in [5.41, 5.74) is 3.06. The molecule has 0 unspecified atom stereocenters. The van der Waals surface area contributed by atoms with E-state index >= 15 is 0 Å². The third kappa shape index (κ3) is 4.33. The molecular weight excluding hydrogens is 196 g/mol. The molecule has 2 nitrogen and oxygen atoms in total. The Kier molecular flexibility index (Phi) is 4.53. The molecule has 1 aliphatic rings. The monoisotopic (exact) mass is 210 g/mol. The van der Waals surface area contributed by atoms with Crippen LogP contribution in [0.15, 0.2) is 24.3 Å². The third-order valence-corrected chi connectivity index (χ3v) is 2.24. The van der Waals surface area contributed by atoms with Gasteiger partial charge in [-0.25, -0.2) is 0 Å². The number of carbonyl (C=O) groups is 1. The maximum Gasteiger partial charge on any atom is 0.303 e. The highest BCUT2D eigenvalue weighted by Gasteiger charge is 2.12. The third-order valence-electron chi connectivity index (χ3n) is 1.92. The summed E-state index contributed by atoms with van der Waals surface area (Å²) in [6.07, 6.45) is 2.15. The van der Waals surface area contributed by atoms with Gasteiger partial charge in [0.1, 0.15) is 0 Å². The van der Waals surface area contributed by atoms with E-state index in [0.717, 1.165) is 0 Å². The van der Waals surface area contributed by atoms with Crippen molar-refractivity contribution in [3.05, 3.63) is 35.4 Å².